The zero-order valence-electron chi connectivity index (χ0n) is 10.7. The molecule has 17 heavy (non-hydrogen) atoms. The van der Waals surface area contributed by atoms with E-state index in [1.54, 1.807) is 0 Å². The van der Waals surface area contributed by atoms with Crippen molar-refractivity contribution < 1.29 is 0 Å². The fourth-order valence-corrected chi connectivity index (χ4v) is 1.61. The standard InChI is InChI=1S/C13H18N4/c1-8-10(9-6-5-7-15-9)16-12(13(2,3)4)17-11(8)14/h5-7,15H,1-4H3,(H2,14,16,17). The van der Waals surface area contributed by atoms with E-state index in [-0.39, 0.29) is 5.41 Å². The molecule has 0 atom stereocenters. The maximum Gasteiger partial charge on any atom is 0.136 e. The highest BCUT2D eigenvalue weighted by molar-refractivity contribution is 5.64. The number of aromatic nitrogens is 3. The Morgan fingerprint density at radius 3 is 2.47 bits per heavy atom. The number of nitrogen functional groups attached to an aromatic ring is 1. The fraction of sp³-hybridized carbons (Fsp3) is 0.385. The Kier molecular flexibility index (Phi) is 2.65. The van der Waals surface area contributed by atoms with Gasteiger partial charge in [-0.25, -0.2) is 9.97 Å². The molecule has 0 aliphatic carbocycles. The SMILES string of the molecule is Cc1c(N)nc(C(C)(C)C)nc1-c1ccc[nH]1. The van der Waals surface area contributed by atoms with E-state index in [2.05, 4.69) is 35.7 Å². The Labute approximate surface area is 101 Å². The molecule has 0 bridgehead atoms. The van der Waals surface area contributed by atoms with Crippen molar-refractivity contribution in [3.05, 3.63) is 29.7 Å². The molecule has 2 heterocycles. The molecular weight excluding hydrogens is 212 g/mol. The van der Waals surface area contributed by atoms with Crippen molar-refractivity contribution in [1.82, 2.24) is 15.0 Å². The number of H-pyrrole nitrogens is 1. The number of aromatic amines is 1. The van der Waals surface area contributed by atoms with Crippen molar-refractivity contribution in [3.63, 3.8) is 0 Å². The number of anilines is 1. The van der Waals surface area contributed by atoms with Gasteiger partial charge in [-0.15, -0.1) is 0 Å². The van der Waals surface area contributed by atoms with Gasteiger partial charge in [0.1, 0.15) is 11.6 Å². The molecule has 0 aliphatic heterocycles. The number of hydrogen-bond donors (Lipinski definition) is 2. The van der Waals surface area contributed by atoms with E-state index in [4.69, 9.17) is 5.73 Å². The minimum Gasteiger partial charge on any atom is -0.383 e. The minimum absolute atomic E-state index is 0.108. The molecule has 0 aromatic carbocycles. The molecule has 0 radical (unpaired) electrons. The van der Waals surface area contributed by atoms with E-state index < -0.39 is 0 Å². The summed E-state index contributed by atoms with van der Waals surface area (Å²) in [4.78, 5) is 12.1. The summed E-state index contributed by atoms with van der Waals surface area (Å²) in [5.74, 6) is 1.32. The first-order chi connectivity index (χ1) is 7.89. The van der Waals surface area contributed by atoms with Gasteiger partial charge >= 0.3 is 0 Å². The number of nitrogens with one attached hydrogen (secondary N) is 1. The van der Waals surface area contributed by atoms with Gasteiger partial charge in [-0.3, -0.25) is 0 Å². The van der Waals surface area contributed by atoms with E-state index >= 15 is 0 Å². The Morgan fingerprint density at radius 2 is 1.94 bits per heavy atom. The molecule has 2 aromatic heterocycles. The van der Waals surface area contributed by atoms with E-state index in [1.165, 1.54) is 0 Å². The van der Waals surface area contributed by atoms with Crippen molar-refractivity contribution in [3.8, 4) is 11.4 Å². The van der Waals surface area contributed by atoms with Crippen LogP contribution in [0.25, 0.3) is 11.4 Å². The summed E-state index contributed by atoms with van der Waals surface area (Å²) < 4.78 is 0. The van der Waals surface area contributed by atoms with E-state index in [0.29, 0.717) is 5.82 Å². The first-order valence-electron chi connectivity index (χ1n) is 5.68. The number of rotatable bonds is 1. The third-order valence-corrected chi connectivity index (χ3v) is 2.71. The van der Waals surface area contributed by atoms with Gasteiger partial charge in [-0.05, 0) is 19.1 Å². The van der Waals surface area contributed by atoms with Crippen LogP contribution < -0.4 is 5.73 Å². The molecule has 4 nitrogen and oxygen atoms in total. The molecule has 0 aliphatic rings. The smallest absolute Gasteiger partial charge is 0.136 e. The predicted octanol–water partition coefficient (Wildman–Crippen LogP) is 2.66. The van der Waals surface area contributed by atoms with Crippen molar-refractivity contribution >= 4 is 5.82 Å². The van der Waals surface area contributed by atoms with Crippen LogP contribution >= 0.6 is 0 Å². The zero-order valence-corrected chi connectivity index (χ0v) is 10.7. The number of hydrogen-bond acceptors (Lipinski definition) is 3. The van der Waals surface area contributed by atoms with Gasteiger partial charge in [-0.1, -0.05) is 20.8 Å². The lowest BCUT2D eigenvalue weighted by atomic mass is 9.95. The van der Waals surface area contributed by atoms with E-state index in [9.17, 15) is 0 Å². The topological polar surface area (TPSA) is 67.6 Å². The molecule has 0 unspecified atom stereocenters. The lowest BCUT2D eigenvalue weighted by molar-refractivity contribution is 0.546. The second-order valence-electron chi connectivity index (χ2n) is 5.24. The maximum absolute atomic E-state index is 5.96. The van der Waals surface area contributed by atoms with Crippen molar-refractivity contribution in [2.75, 3.05) is 5.73 Å². The Morgan fingerprint density at radius 1 is 1.24 bits per heavy atom. The van der Waals surface area contributed by atoms with Crippen molar-refractivity contribution in [2.45, 2.75) is 33.1 Å². The summed E-state index contributed by atoms with van der Waals surface area (Å²) in [6, 6.07) is 3.94. The van der Waals surface area contributed by atoms with Gasteiger partial charge in [0, 0.05) is 17.2 Å². The second kappa shape index (κ2) is 3.87. The van der Waals surface area contributed by atoms with Crippen molar-refractivity contribution in [1.29, 1.82) is 0 Å². The second-order valence-corrected chi connectivity index (χ2v) is 5.24. The van der Waals surface area contributed by atoms with Crippen LogP contribution in [-0.2, 0) is 5.41 Å². The van der Waals surface area contributed by atoms with E-state index in [0.717, 1.165) is 22.8 Å². The minimum atomic E-state index is -0.108. The summed E-state index contributed by atoms with van der Waals surface area (Å²) in [5, 5.41) is 0. The van der Waals surface area contributed by atoms with Crippen LogP contribution in [-0.4, -0.2) is 15.0 Å². The average molecular weight is 230 g/mol. The number of nitrogens with two attached hydrogens (primary N) is 1. The molecule has 0 saturated heterocycles. The zero-order chi connectivity index (χ0) is 12.6. The molecule has 0 fully saturated rings. The molecular formula is C13H18N4. The van der Waals surface area contributed by atoms with Gasteiger partial charge in [-0.2, -0.15) is 0 Å². The highest BCUT2D eigenvalue weighted by atomic mass is 15.0. The Balaban J connectivity index is 2.64. The van der Waals surface area contributed by atoms with Crippen LogP contribution in [0.2, 0.25) is 0 Å². The van der Waals surface area contributed by atoms with Crippen LogP contribution in [0.15, 0.2) is 18.3 Å². The van der Waals surface area contributed by atoms with E-state index in [1.807, 2.05) is 25.3 Å². The third kappa shape index (κ3) is 2.16. The van der Waals surface area contributed by atoms with Gasteiger partial charge in [0.15, 0.2) is 0 Å². The number of nitrogens with zero attached hydrogens (tertiary/aromatic N) is 2. The Bertz CT molecular complexity index is 521. The average Bonchev–Trinajstić information content (AvgIpc) is 2.73. The van der Waals surface area contributed by atoms with Gasteiger partial charge < -0.3 is 10.7 Å². The molecule has 0 amide bonds. The molecule has 0 saturated carbocycles. The highest BCUT2D eigenvalue weighted by Gasteiger charge is 2.21. The quantitative estimate of drug-likeness (QED) is 0.791. The largest absolute Gasteiger partial charge is 0.383 e. The summed E-state index contributed by atoms with van der Waals surface area (Å²) in [5.41, 5.74) is 8.62. The van der Waals surface area contributed by atoms with Gasteiger partial charge in [0.25, 0.3) is 0 Å². The first kappa shape index (κ1) is 11.6. The van der Waals surface area contributed by atoms with Gasteiger partial charge in [0.2, 0.25) is 0 Å². The monoisotopic (exact) mass is 230 g/mol. The van der Waals surface area contributed by atoms with Gasteiger partial charge in [0.05, 0.1) is 11.4 Å². The Hall–Kier alpha value is -1.84. The molecule has 90 valence electrons. The predicted molar refractivity (Wildman–Crippen MR) is 69.7 cm³/mol. The molecule has 0 spiro atoms. The summed E-state index contributed by atoms with van der Waals surface area (Å²) in [7, 11) is 0. The molecule has 2 aromatic rings. The fourth-order valence-electron chi connectivity index (χ4n) is 1.61. The lowest BCUT2D eigenvalue weighted by Crippen LogP contribution is -2.18. The maximum atomic E-state index is 5.96. The van der Waals surface area contributed by atoms with Crippen LogP contribution in [0, 0.1) is 6.92 Å². The molecule has 4 heteroatoms. The molecule has 2 rings (SSSR count). The summed E-state index contributed by atoms with van der Waals surface area (Å²) in [6.45, 7) is 8.18. The van der Waals surface area contributed by atoms with Crippen LogP contribution in [0.1, 0.15) is 32.2 Å². The third-order valence-electron chi connectivity index (χ3n) is 2.71. The highest BCUT2D eigenvalue weighted by Crippen LogP contribution is 2.27. The lowest BCUT2D eigenvalue weighted by Gasteiger charge is -2.19. The summed E-state index contributed by atoms with van der Waals surface area (Å²) in [6.07, 6.45) is 1.88. The van der Waals surface area contributed by atoms with Crippen LogP contribution in [0.4, 0.5) is 5.82 Å². The van der Waals surface area contributed by atoms with Crippen LogP contribution in [0.5, 0.6) is 0 Å². The first-order valence-corrected chi connectivity index (χ1v) is 5.68. The normalized spacial score (nSPS) is 11.8. The molecule has 3 N–H and O–H groups in total. The van der Waals surface area contributed by atoms with Crippen LogP contribution in [0.3, 0.4) is 0 Å². The van der Waals surface area contributed by atoms with Crippen molar-refractivity contribution in [2.24, 2.45) is 0 Å². The summed E-state index contributed by atoms with van der Waals surface area (Å²) >= 11 is 0.